The van der Waals surface area contributed by atoms with Gasteiger partial charge in [0.25, 0.3) is 5.91 Å². The Hall–Kier alpha value is -3.24. The second-order valence-corrected chi connectivity index (χ2v) is 10.6. The minimum atomic E-state index is -0.214. The van der Waals surface area contributed by atoms with E-state index >= 15 is 0 Å². The first-order valence-corrected chi connectivity index (χ1v) is 13.9. The zero-order chi connectivity index (χ0) is 25.6. The van der Waals surface area contributed by atoms with Gasteiger partial charge in [-0.1, -0.05) is 65.3 Å². The molecule has 0 atom stereocenters. The van der Waals surface area contributed by atoms with Crippen molar-refractivity contribution in [2.75, 3.05) is 0 Å². The SMILES string of the molecule is O=C(NCc1ccncc1)c1csc(CSc2nnc(Cc3ccccc3)n2-c2ccc(Cl)c(Cl)c2)n1. The van der Waals surface area contributed by atoms with Crippen LogP contribution in [0.3, 0.4) is 0 Å². The van der Waals surface area contributed by atoms with E-state index in [1.807, 2.05) is 41.0 Å². The van der Waals surface area contributed by atoms with Gasteiger partial charge in [0, 0.05) is 30.7 Å². The van der Waals surface area contributed by atoms with Crippen molar-refractivity contribution in [1.29, 1.82) is 0 Å². The molecule has 2 aromatic carbocycles. The molecule has 0 radical (unpaired) electrons. The number of hydrogen-bond donors (Lipinski definition) is 1. The molecule has 0 saturated heterocycles. The molecule has 0 spiro atoms. The molecule has 7 nitrogen and oxygen atoms in total. The predicted octanol–water partition coefficient (Wildman–Crippen LogP) is 6.24. The summed E-state index contributed by atoms with van der Waals surface area (Å²) in [5.74, 6) is 1.10. The van der Waals surface area contributed by atoms with E-state index in [1.165, 1.54) is 23.1 Å². The molecule has 3 aromatic heterocycles. The minimum Gasteiger partial charge on any atom is -0.347 e. The van der Waals surface area contributed by atoms with Crippen molar-refractivity contribution in [1.82, 2.24) is 30.0 Å². The largest absolute Gasteiger partial charge is 0.347 e. The fourth-order valence-corrected chi connectivity index (χ4v) is 5.61. The smallest absolute Gasteiger partial charge is 0.271 e. The van der Waals surface area contributed by atoms with Crippen molar-refractivity contribution in [2.45, 2.75) is 23.9 Å². The third kappa shape index (κ3) is 6.37. The van der Waals surface area contributed by atoms with E-state index < -0.39 is 0 Å². The van der Waals surface area contributed by atoms with Crippen molar-refractivity contribution >= 4 is 52.2 Å². The quantitative estimate of drug-likeness (QED) is 0.212. The number of thiazole rings is 1. The van der Waals surface area contributed by atoms with Gasteiger partial charge in [-0.3, -0.25) is 14.3 Å². The van der Waals surface area contributed by atoms with Gasteiger partial charge < -0.3 is 5.32 Å². The lowest BCUT2D eigenvalue weighted by Crippen LogP contribution is -2.23. The number of carbonyl (C=O) groups excluding carboxylic acids is 1. The maximum absolute atomic E-state index is 12.5. The summed E-state index contributed by atoms with van der Waals surface area (Å²) in [6, 6.07) is 19.3. The fraction of sp³-hybridized carbons (Fsp3) is 0.115. The third-order valence-electron chi connectivity index (χ3n) is 5.38. The summed E-state index contributed by atoms with van der Waals surface area (Å²) in [6.45, 7) is 0.417. The molecule has 0 saturated carbocycles. The highest BCUT2D eigenvalue weighted by Gasteiger charge is 2.18. The van der Waals surface area contributed by atoms with Crippen molar-refractivity contribution in [3.8, 4) is 5.69 Å². The first kappa shape index (κ1) is 25.4. The van der Waals surface area contributed by atoms with Gasteiger partial charge in [-0.2, -0.15) is 0 Å². The second-order valence-electron chi connectivity index (χ2n) is 7.95. The topological polar surface area (TPSA) is 85.6 Å². The Labute approximate surface area is 231 Å². The van der Waals surface area contributed by atoms with E-state index in [1.54, 1.807) is 29.9 Å². The van der Waals surface area contributed by atoms with E-state index in [9.17, 15) is 4.79 Å². The molecule has 0 aliphatic carbocycles. The molecular weight excluding hydrogens is 547 g/mol. The molecule has 0 fully saturated rings. The van der Waals surface area contributed by atoms with Gasteiger partial charge in [-0.05, 0) is 41.5 Å². The van der Waals surface area contributed by atoms with Crippen LogP contribution in [0.4, 0.5) is 0 Å². The Balaban J connectivity index is 1.32. The molecule has 186 valence electrons. The number of nitrogens with zero attached hydrogens (tertiary/aromatic N) is 5. The highest BCUT2D eigenvalue weighted by Crippen LogP contribution is 2.30. The van der Waals surface area contributed by atoms with Crippen LogP contribution in [0.15, 0.2) is 83.6 Å². The van der Waals surface area contributed by atoms with Crippen LogP contribution in [0.2, 0.25) is 10.0 Å². The Morgan fingerprint density at radius 1 is 0.973 bits per heavy atom. The summed E-state index contributed by atoms with van der Waals surface area (Å²) in [5, 5.41) is 16.0. The summed E-state index contributed by atoms with van der Waals surface area (Å²) < 4.78 is 1.98. The van der Waals surface area contributed by atoms with Crippen molar-refractivity contribution in [2.24, 2.45) is 0 Å². The van der Waals surface area contributed by atoms with E-state index in [0.29, 0.717) is 39.6 Å². The number of aromatic nitrogens is 5. The normalized spacial score (nSPS) is 11.0. The zero-order valence-electron chi connectivity index (χ0n) is 19.3. The van der Waals surface area contributed by atoms with Crippen LogP contribution < -0.4 is 5.32 Å². The van der Waals surface area contributed by atoms with Crippen LogP contribution in [0.5, 0.6) is 0 Å². The lowest BCUT2D eigenvalue weighted by Gasteiger charge is -2.11. The van der Waals surface area contributed by atoms with Crippen LogP contribution >= 0.6 is 46.3 Å². The lowest BCUT2D eigenvalue weighted by molar-refractivity contribution is 0.0946. The standard InChI is InChI=1S/C26H20Cl2N6OS2/c27-20-7-6-19(13-21(20)28)34-23(12-17-4-2-1-3-5-17)32-33-26(34)37-16-24-31-22(15-36-24)25(35)30-14-18-8-10-29-11-9-18/h1-11,13,15H,12,14,16H2,(H,30,35). The highest BCUT2D eigenvalue weighted by molar-refractivity contribution is 7.98. The van der Waals surface area contributed by atoms with Crippen LogP contribution in [0.1, 0.15) is 32.4 Å². The molecule has 0 bridgehead atoms. The second kappa shape index (κ2) is 11.9. The maximum Gasteiger partial charge on any atom is 0.271 e. The van der Waals surface area contributed by atoms with Crippen molar-refractivity contribution in [3.05, 3.63) is 116 Å². The molecule has 11 heteroatoms. The molecule has 0 aliphatic rings. The summed E-state index contributed by atoms with van der Waals surface area (Å²) in [5.41, 5.74) is 3.31. The van der Waals surface area contributed by atoms with E-state index in [0.717, 1.165) is 27.6 Å². The van der Waals surface area contributed by atoms with Gasteiger partial charge in [0.2, 0.25) is 0 Å². The maximum atomic E-state index is 12.5. The van der Waals surface area contributed by atoms with Gasteiger partial charge in [0.15, 0.2) is 5.16 Å². The summed E-state index contributed by atoms with van der Waals surface area (Å²) in [6.07, 6.45) is 4.00. The van der Waals surface area contributed by atoms with Crippen molar-refractivity contribution in [3.63, 3.8) is 0 Å². The lowest BCUT2D eigenvalue weighted by atomic mass is 10.1. The molecule has 0 unspecified atom stereocenters. The molecule has 0 aliphatic heterocycles. The molecule has 5 aromatic rings. The summed E-state index contributed by atoms with van der Waals surface area (Å²) in [4.78, 5) is 21.0. The zero-order valence-corrected chi connectivity index (χ0v) is 22.5. The Morgan fingerprint density at radius 2 is 1.78 bits per heavy atom. The molecule has 1 amide bonds. The number of thioether (sulfide) groups is 1. The fourth-order valence-electron chi connectivity index (χ4n) is 3.55. The van der Waals surface area contributed by atoms with Gasteiger partial charge in [0.05, 0.1) is 21.5 Å². The molecule has 5 rings (SSSR count). The average Bonchev–Trinajstić information content (AvgIpc) is 3.56. The minimum absolute atomic E-state index is 0.214. The number of carbonyl (C=O) groups is 1. The molecule has 37 heavy (non-hydrogen) atoms. The first-order chi connectivity index (χ1) is 18.1. The van der Waals surface area contributed by atoms with E-state index in [4.69, 9.17) is 23.2 Å². The van der Waals surface area contributed by atoms with E-state index in [2.05, 4.69) is 37.6 Å². The van der Waals surface area contributed by atoms with Gasteiger partial charge >= 0.3 is 0 Å². The molecular formula is C26H20Cl2N6OS2. The van der Waals surface area contributed by atoms with E-state index in [-0.39, 0.29) is 5.91 Å². The van der Waals surface area contributed by atoms with Crippen LogP contribution in [-0.4, -0.2) is 30.6 Å². The summed E-state index contributed by atoms with van der Waals surface area (Å²) >= 11 is 15.4. The first-order valence-electron chi connectivity index (χ1n) is 11.2. The number of nitrogens with one attached hydrogen (secondary N) is 1. The number of amides is 1. The monoisotopic (exact) mass is 566 g/mol. The van der Waals surface area contributed by atoms with Crippen LogP contribution in [-0.2, 0) is 18.7 Å². The van der Waals surface area contributed by atoms with Crippen molar-refractivity contribution < 1.29 is 4.79 Å². The Bertz CT molecular complexity index is 1510. The molecule has 3 heterocycles. The van der Waals surface area contributed by atoms with Crippen LogP contribution in [0.25, 0.3) is 5.69 Å². The highest BCUT2D eigenvalue weighted by atomic mass is 35.5. The number of halogens is 2. The van der Waals surface area contributed by atoms with Gasteiger partial charge in [0.1, 0.15) is 16.5 Å². The predicted molar refractivity (Wildman–Crippen MR) is 148 cm³/mol. The Kier molecular flexibility index (Phi) is 8.15. The Morgan fingerprint density at radius 3 is 2.57 bits per heavy atom. The molecule has 1 N–H and O–H groups in total. The average molecular weight is 568 g/mol. The van der Waals surface area contributed by atoms with Crippen LogP contribution in [0, 0.1) is 0 Å². The third-order valence-corrected chi connectivity index (χ3v) is 8.09. The number of hydrogen-bond acceptors (Lipinski definition) is 7. The van der Waals surface area contributed by atoms with Gasteiger partial charge in [-0.25, -0.2) is 4.98 Å². The van der Waals surface area contributed by atoms with Gasteiger partial charge in [-0.15, -0.1) is 21.5 Å². The number of rotatable bonds is 9. The number of pyridine rings is 1. The number of benzene rings is 2. The summed E-state index contributed by atoms with van der Waals surface area (Å²) in [7, 11) is 0.